The van der Waals surface area contributed by atoms with Gasteiger partial charge >= 0.3 is 0 Å². The average Bonchev–Trinajstić information content (AvgIpc) is 2.97. The van der Waals surface area contributed by atoms with Gasteiger partial charge in [0.25, 0.3) is 0 Å². The lowest BCUT2D eigenvalue weighted by Gasteiger charge is -2.15. The highest BCUT2D eigenvalue weighted by atomic mass is 19.1. The molecule has 1 saturated heterocycles. The fourth-order valence-electron chi connectivity index (χ4n) is 2.40. The first-order valence-electron chi connectivity index (χ1n) is 6.22. The lowest BCUT2D eigenvalue weighted by Crippen LogP contribution is -2.37. The summed E-state index contributed by atoms with van der Waals surface area (Å²) in [5.74, 6) is 0.221. The normalized spacial score (nSPS) is 30.1. The van der Waals surface area contributed by atoms with Gasteiger partial charge in [0, 0.05) is 6.61 Å². The van der Waals surface area contributed by atoms with Crippen LogP contribution in [0, 0.1) is 0 Å². The van der Waals surface area contributed by atoms with Crippen LogP contribution >= 0.6 is 0 Å². The third-order valence-electron chi connectivity index (χ3n) is 3.46. The van der Waals surface area contributed by atoms with Crippen LogP contribution in [0.2, 0.25) is 0 Å². The van der Waals surface area contributed by atoms with Crippen molar-refractivity contribution in [2.45, 2.75) is 31.0 Å². The summed E-state index contributed by atoms with van der Waals surface area (Å²) in [5.41, 5.74) is 12.2. The molecule has 1 aliphatic heterocycles. The Hall–Kier alpha value is -1.84. The molecule has 1 fully saturated rings. The smallest absolute Gasteiger partial charge is 0.169 e. The number of aliphatic hydroxyl groups excluding tert-OH is 1. The fraction of sp³-hybridized carbons (Fsp3) is 0.545. The van der Waals surface area contributed by atoms with E-state index in [4.69, 9.17) is 21.3 Å². The number of aromatic nitrogens is 4. The second-order valence-electron chi connectivity index (χ2n) is 4.68. The Morgan fingerprint density at radius 1 is 1.40 bits per heavy atom. The number of ether oxygens (including phenoxy) is 1. The molecule has 2 aromatic heterocycles. The summed E-state index contributed by atoms with van der Waals surface area (Å²) < 4.78 is 21.3. The minimum atomic E-state index is -1.42. The lowest BCUT2D eigenvalue weighted by molar-refractivity contribution is -0.0242. The summed E-state index contributed by atoms with van der Waals surface area (Å²) in [6.07, 6.45) is 0.0732. The van der Waals surface area contributed by atoms with Crippen molar-refractivity contribution in [1.29, 1.82) is 0 Å². The van der Waals surface area contributed by atoms with E-state index >= 15 is 0 Å². The molecule has 5 N–H and O–H groups in total. The standard InChI is InChI=1S/C11H15FN6O2/c12-6-7(13)5(1-2-19)20-11(6)18-4-17-8-9(14)15-3-16-10(8)18/h3-7,11,19H,1-2,13H2,(H2,14,15,16)/t5-,6-,7-,11-/m1/s1. The van der Waals surface area contributed by atoms with Crippen LogP contribution in [0.25, 0.3) is 11.2 Å². The van der Waals surface area contributed by atoms with Gasteiger partial charge in [-0.2, -0.15) is 0 Å². The van der Waals surface area contributed by atoms with Crippen LogP contribution in [0.5, 0.6) is 0 Å². The summed E-state index contributed by atoms with van der Waals surface area (Å²) in [5, 5.41) is 8.94. The van der Waals surface area contributed by atoms with Crippen LogP contribution in [0.4, 0.5) is 10.2 Å². The van der Waals surface area contributed by atoms with E-state index in [-0.39, 0.29) is 18.8 Å². The first-order chi connectivity index (χ1) is 9.63. The zero-order valence-electron chi connectivity index (χ0n) is 10.6. The van der Waals surface area contributed by atoms with Gasteiger partial charge in [0.1, 0.15) is 11.8 Å². The number of fused-ring (bicyclic) bond motifs is 1. The van der Waals surface area contributed by atoms with Crippen molar-refractivity contribution < 1.29 is 14.2 Å². The zero-order valence-corrected chi connectivity index (χ0v) is 10.6. The number of nitrogen functional groups attached to an aromatic ring is 1. The predicted molar refractivity (Wildman–Crippen MR) is 68.2 cm³/mol. The van der Waals surface area contributed by atoms with E-state index < -0.39 is 24.5 Å². The second kappa shape index (κ2) is 4.93. The van der Waals surface area contributed by atoms with Crippen LogP contribution in [-0.4, -0.2) is 49.5 Å². The van der Waals surface area contributed by atoms with Gasteiger partial charge in [-0.05, 0) is 6.42 Å². The van der Waals surface area contributed by atoms with Gasteiger partial charge in [-0.3, -0.25) is 4.57 Å². The van der Waals surface area contributed by atoms with Gasteiger partial charge in [-0.15, -0.1) is 0 Å². The minimum absolute atomic E-state index is 0.113. The highest BCUT2D eigenvalue weighted by Gasteiger charge is 2.44. The van der Waals surface area contributed by atoms with Crippen molar-refractivity contribution in [3.8, 4) is 0 Å². The van der Waals surface area contributed by atoms with Gasteiger partial charge in [-0.1, -0.05) is 0 Å². The molecule has 0 bridgehead atoms. The molecule has 0 unspecified atom stereocenters. The molecule has 0 aromatic carbocycles. The van der Waals surface area contributed by atoms with E-state index in [9.17, 15) is 4.39 Å². The Bertz CT molecular complexity index is 620. The molecule has 108 valence electrons. The Morgan fingerprint density at radius 3 is 2.95 bits per heavy atom. The topological polar surface area (TPSA) is 125 Å². The number of aliphatic hydroxyl groups is 1. The summed E-state index contributed by atoms with van der Waals surface area (Å²) in [7, 11) is 0. The van der Waals surface area contributed by atoms with E-state index in [0.29, 0.717) is 11.2 Å². The van der Waals surface area contributed by atoms with Crippen molar-refractivity contribution in [2.75, 3.05) is 12.3 Å². The van der Waals surface area contributed by atoms with Crippen LogP contribution < -0.4 is 11.5 Å². The predicted octanol–water partition coefficient (Wildman–Crippen LogP) is -0.646. The van der Waals surface area contributed by atoms with Gasteiger partial charge < -0.3 is 21.3 Å². The molecular formula is C11H15FN6O2. The number of imidazole rings is 1. The molecule has 9 heteroatoms. The van der Waals surface area contributed by atoms with E-state index in [2.05, 4.69) is 15.0 Å². The maximum absolute atomic E-state index is 14.3. The molecule has 4 atom stereocenters. The maximum atomic E-state index is 14.3. The quantitative estimate of drug-likeness (QED) is 0.683. The van der Waals surface area contributed by atoms with Crippen LogP contribution in [0.3, 0.4) is 0 Å². The summed E-state index contributed by atoms with van der Waals surface area (Å²) in [6, 6.07) is -0.802. The molecule has 8 nitrogen and oxygen atoms in total. The molecule has 0 radical (unpaired) electrons. The lowest BCUT2D eigenvalue weighted by atomic mass is 10.1. The third kappa shape index (κ3) is 1.90. The number of anilines is 1. The summed E-state index contributed by atoms with van der Waals surface area (Å²) >= 11 is 0. The molecule has 0 saturated carbocycles. The molecule has 1 aliphatic rings. The van der Waals surface area contributed by atoms with Gasteiger partial charge in [0.2, 0.25) is 0 Å². The van der Waals surface area contributed by atoms with Crippen molar-refractivity contribution in [2.24, 2.45) is 5.73 Å². The molecule has 0 spiro atoms. The second-order valence-corrected chi connectivity index (χ2v) is 4.68. The Labute approximate surface area is 113 Å². The van der Waals surface area contributed by atoms with E-state index in [0.717, 1.165) is 0 Å². The first-order valence-corrected chi connectivity index (χ1v) is 6.22. The van der Waals surface area contributed by atoms with Gasteiger partial charge in [0.15, 0.2) is 23.9 Å². The first kappa shape index (κ1) is 13.2. The number of hydrogen-bond acceptors (Lipinski definition) is 7. The highest BCUT2D eigenvalue weighted by Crippen LogP contribution is 2.34. The Morgan fingerprint density at radius 2 is 2.20 bits per heavy atom. The number of halogens is 1. The van der Waals surface area contributed by atoms with Gasteiger partial charge in [0.05, 0.1) is 18.5 Å². The van der Waals surface area contributed by atoms with Crippen molar-refractivity contribution in [1.82, 2.24) is 19.5 Å². The Kier molecular flexibility index (Phi) is 3.24. The molecule has 20 heavy (non-hydrogen) atoms. The molecule has 3 rings (SSSR count). The minimum Gasteiger partial charge on any atom is -0.396 e. The summed E-state index contributed by atoms with van der Waals surface area (Å²) in [6.45, 7) is -0.113. The molecular weight excluding hydrogens is 267 g/mol. The van der Waals surface area contributed by atoms with Crippen molar-refractivity contribution in [3.05, 3.63) is 12.7 Å². The largest absolute Gasteiger partial charge is 0.396 e. The number of nitrogens with two attached hydrogens (primary N) is 2. The van der Waals surface area contributed by atoms with E-state index in [1.165, 1.54) is 17.2 Å². The highest BCUT2D eigenvalue weighted by molar-refractivity contribution is 5.81. The number of rotatable bonds is 3. The zero-order chi connectivity index (χ0) is 14.3. The Balaban J connectivity index is 1.97. The fourth-order valence-corrected chi connectivity index (χ4v) is 2.40. The monoisotopic (exact) mass is 282 g/mol. The molecule has 2 aromatic rings. The van der Waals surface area contributed by atoms with Crippen LogP contribution in [0.15, 0.2) is 12.7 Å². The van der Waals surface area contributed by atoms with Gasteiger partial charge in [-0.25, -0.2) is 19.3 Å². The van der Waals surface area contributed by atoms with Crippen molar-refractivity contribution >= 4 is 17.0 Å². The van der Waals surface area contributed by atoms with Crippen LogP contribution in [0.1, 0.15) is 12.6 Å². The van der Waals surface area contributed by atoms with E-state index in [1.54, 1.807) is 0 Å². The SMILES string of the molecule is Nc1ncnc2c1ncn2[C@@H]1O[C@H](CCO)[C@@H](N)[C@H]1F. The van der Waals surface area contributed by atoms with Crippen LogP contribution in [-0.2, 0) is 4.74 Å². The number of alkyl halides is 1. The number of hydrogen-bond donors (Lipinski definition) is 3. The van der Waals surface area contributed by atoms with Crippen molar-refractivity contribution in [3.63, 3.8) is 0 Å². The molecule has 3 heterocycles. The maximum Gasteiger partial charge on any atom is 0.169 e. The number of nitrogens with zero attached hydrogens (tertiary/aromatic N) is 4. The average molecular weight is 282 g/mol. The summed E-state index contributed by atoms with van der Waals surface area (Å²) in [4.78, 5) is 11.9. The molecule has 0 amide bonds. The van der Waals surface area contributed by atoms with E-state index in [1.807, 2.05) is 0 Å². The third-order valence-corrected chi connectivity index (χ3v) is 3.46. The molecule has 0 aliphatic carbocycles.